The van der Waals surface area contributed by atoms with Crippen molar-refractivity contribution < 1.29 is 13.9 Å². The van der Waals surface area contributed by atoms with Gasteiger partial charge in [-0.3, -0.25) is 0 Å². The number of hydrogen-bond acceptors (Lipinski definition) is 7. The standard InChI is InChI=1S/C23H30FN5O2/c1-28(2)11-7-10-25-23-16-13-20(30-5)21(31-6)14-18(16)26-22(27-23)15-8-9-17(24)19(12-15)29(3)4/h8-9,12-14H,7,10-11H2,1-6H3,(H,25,26,27). The average molecular weight is 428 g/mol. The highest BCUT2D eigenvalue weighted by Gasteiger charge is 2.15. The summed E-state index contributed by atoms with van der Waals surface area (Å²) in [4.78, 5) is 13.4. The van der Waals surface area contributed by atoms with Gasteiger partial charge in [0.15, 0.2) is 17.3 Å². The number of fused-ring (bicyclic) bond motifs is 1. The molecule has 1 aromatic heterocycles. The van der Waals surface area contributed by atoms with Crippen LogP contribution in [0.3, 0.4) is 0 Å². The van der Waals surface area contributed by atoms with E-state index < -0.39 is 0 Å². The van der Waals surface area contributed by atoms with E-state index in [4.69, 9.17) is 19.4 Å². The highest BCUT2D eigenvalue weighted by molar-refractivity contribution is 5.93. The fraction of sp³-hybridized carbons (Fsp3) is 0.391. The number of hydrogen-bond donors (Lipinski definition) is 1. The third kappa shape index (κ3) is 5.14. The van der Waals surface area contributed by atoms with Gasteiger partial charge < -0.3 is 24.6 Å². The molecule has 3 aromatic rings. The third-order valence-corrected chi connectivity index (χ3v) is 4.96. The number of nitrogens with zero attached hydrogens (tertiary/aromatic N) is 4. The van der Waals surface area contributed by atoms with Crippen LogP contribution in [0, 0.1) is 5.82 Å². The second kappa shape index (κ2) is 9.78. The summed E-state index contributed by atoms with van der Waals surface area (Å²) >= 11 is 0. The predicted octanol–water partition coefficient (Wildman–Crippen LogP) is 3.88. The van der Waals surface area contributed by atoms with E-state index in [0.29, 0.717) is 34.3 Å². The van der Waals surface area contributed by atoms with E-state index in [1.165, 1.54) is 6.07 Å². The summed E-state index contributed by atoms with van der Waals surface area (Å²) in [7, 11) is 10.9. The molecule has 8 heteroatoms. The largest absolute Gasteiger partial charge is 0.493 e. The van der Waals surface area contributed by atoms with Gasteiger partial charge in [-0.2, -0.15) is 0 Å². The summed E-state index contributed by atoms with van der Waals surface area (Å²) in [5, 5.41) is 4.27. The molecule has 2 aromatic carbocycles. The Hall–Kier alpha value is -3.13. The number of nitrogens with one attached hydrogen (secondary N) is 1. The minimum absolute atomic E-state index is 0.289. The van der Waals surface area contributed by atoms with Crippen molar-refractivity contribution in [1.82, 2.24) is 14.9 Å². The molecule has 31 heavy (non-hydrogen) atoms. The van der Waals surface area contributed by atoms with Crippen molar-refractivity contribution in [2.45, 2.75) is 6.42 Å². The van der Waals surface area contributed by atoms with Crippen LogP contribution in [0.25, 0.3) is 22.3 Å². The maximum absolute atomic E-state index is 14.2. The molecule has 0 fully saturated rings. The minimum Gasteiger partial charge on any atom is -0.493 e. The lowest BCUT2D eigenvalue weighted by Gasteiger charge is -2.16. The average Bonchev–Trinajstić information content (AvgIpc) is 2.75. The number of aromatic nitrogens is 2. The summed E-state index contributed by atoms with van der Waals surface area (Å²) in [6.07, 6.45) is 0.961. The van der Waals surface area contributed by atoms with Gasteiger partial charge in [-0.05, 0) is 51.3 Å². The SMILES string of the molecule is COc1cc2nc(-c3ccc(F)c(N(C)C)c3)nc(NCCCN(C)C)c2cc1OC. The van der Waals surface area contributed by atoms with E-state index in [-0.39, 0.29) is 5.82 Å². The van der Waals surface area contributed by atoms with Gasteiger partial charge in [-0.1, -0.05) is 0 Å². The van der Waals surface area contributed by atoms with Gasteiger partial charge in [-0.25, -0.2) is 14.4 Å². The smallest absolute Gasteiger partial charge is 0.162 e. The van der Waals surface area contributed by atoms with Crippen molar-refractivity contribution in [2.24, 2.45) is 0 Å². The van der Waals surface area contributed by atoms with Crippen LogP contribution in [-0.2, 0) is 0 Å². The number of ether oxygens (including phenoxy) is 2. The van der Waals surface area contributed by atoms with Gasteiger partial charge in [0.25, 0.3) is 0 Å². The molecule has 0 unspecified atom stereocenters. The fourth-order valence-electron chi connectivity index (χ4n) is 3.32. The Labute approximate surface area is 182 Å². The normalized spacial score (nSPS) is 11.1. The van der Waals surface area contributed by atoms with E-state index in [0.717, 1.165) is 30.5 Å². The first-order valence-corrected chi connectivity index (χ1v) is 10.1. The van der Waals surface area contributed by atoms with E-state index in [2.05, 4.69) is 10.2 Å². The van der Waals surface area contributed by atoms with Crippen molar-refractivity contribution in [3.8, 4) is 22.9 Å². The highest BCUT2D eigenvalue weighted by Crippen LogP contribution is 2.35. The van der Waals surface area contributed by atoms with E-state index in [1.807, 2.05) is 26.2 Å². The Morgan fingerprint density at radius 3 is 2.32 bits per heavy atom. The fourth-order valence-corrected chi connectivity index (χ4v) is 3.32. The topological polar surface area (TPSA) is 62.8 Å². The lowest BCUT2D eigenvalue weighted by Crippen LogP contribution is -2.17. The van der Waals surface area contributed by atoms with Crippen LogP contribution >= 0.6 is 0 Å². The van der Waals surface area contributed by atoms with Crippen LogP contribution in [-0.4, -0.2) is 70.4 Å². The zero-order valence-electron chi connectivity index (χ0n) is 19.0. The molecule has 0 saturated heterocycles. The molecule has 0 aliphatic heterocycles. The molecule has 0 saturated carbocycles. The minimum atomic E-state index is -0.289. The summed E-state index contributed by atoms with van der Waals surface area (Å²) < 4.78 is 25.1. The summed E-state index contributed by atoms with van der Waals surface area (Å²) in [6, 6.07) is 8.60. The summed E-state index contributed by atoms with van der Waals surface area (Å²) in [6.45, 7) is 1.72. The first-order chi connectivity index (χ1) is 14.8. The Morgan fingerprint density at radius 2 is 1.68 bits per heavy atom. The van der Waals surface area contributed by atoms with Crippen LogP contribution in [0.15, 0.2) is 30.3 Å². The van der Waals surface area contributed by atoms with Crippen molar-refractivity contribution in [1.29, 1.82) is 0 Å². The molecule has 1 heterocycles. The molecular weight excluding hydrogens is 397 g/mol. The number of benzene rings is 2. The monoisotopic (exact) mass is 427 g/mol. The quantitative estimate of drug-likeness (QED) is 0.520. The molecule has 0 spiro atoms. The lowest BCUT2D eigenvalue weighted by molar-refractivity contribution is 0.356. The molecule has 7 nitrogen and oxygen atoms in total. The van der Waals surface area contributed by atoms with Gasteiger partial charge in [-0.15, -0.1) is 0 Å². The number of rotatable bonds is 9. The van der Waals surface area contributed by atoms with Crippen molar-refractivity contribution in [2.75, 3.05) is 65.7 Å². The molecule has 166 valence electrons. The Bertz CT molecular complexity index is 1060. The Morgan fingerprint density at radius 1 is 0.968 bits per heavy atom. The van der Waals surface area contributed by atoms with Gasteiger partial charge >= 0.3 is 0 Å². The number of anilines is 2. The van der Waals surface area contributed by atoms with E-state index in [9.17, 15) is 4.39 Å². The summed E-state index contributed by atoms with van der Waals surface area (Å²) in [5.74, 6) is 2.13. The van der Waals surface area contributed by atoms with Crippen LogP contribution in [0.5, 0.6) is 11.5 Å². The zero-order valence-corrected chi connectivity index (χ0v) is 19.0. The Kier molecular flexibility index (Phi) is 7.12. The van der Waals surface area contributed by atoms with Gasteiger partial charge in [0, 0.05) is 37.7 Å². The van der Waals surface area contributed by atoms with E-state index in [1.54, 1.807) is 45.3 Å². The van der Waals surface area contributed by atoms with Crippen LogP contribution in [0.1, 0.15) is 6.42 Å². The maximum Gasteiger partial charge on any atom is 0.162 e. The lowest BCUT2D eigenvalue weighted by atomic mass is 10.1. The Balaban J connectivity index is 2.11. The molecule has 0 atom stereocenters. The highest BCUT2D eigenvalue weighted by atomic mass is 19.1. The number of halogens is 1. The van der Waals surface area contributed by atoms with Crippen molar-refractivity contribution >= 4 is 22.4 Å². The molecule has 0 amide bonds. The van der Waals surface area contributed by atoms with Crippen molar-refractivity contribution in [3.05, 3.63) is 36.1 Å². The predicted molar refractivity (Wildman–Crippen MR) is 124 cm³/mol. The number of methoxy groups -OCH3 is 2. The molecule has 0 bridgehead atoms. The second-order valence-corrected chi connectivity index (χ2v) is 7.76. The molecule has 0 radical (unpaired) electrons. The van der Waals surface area contributed by atoms with Gasteiger partial charge in [0.2, 0.25) is 0 Å². The molecule has 0 aliphatic carbocycles. The third-order valence-electron chi connectivity index (χ3n) is 4.96. The molecule has 1 N–H and O–H groups in total. The van der Waals surface area contributed by atoms with Gasteiger partial charge in [0.1, 0.15) is 11.6 Å². The van der Waals surface area contributed by atoms with Crippen LogP contribution in [0.2, 0.25) is 0 Å². The van der Waals surface area contributed by atoms with E-state index >= 15 is 0 Å². The first-order valence-electron chi connectivity index (χ1n) is 10.1. The summed E-state index contributed by atoms with van der Waals surface area (Å²) in [5.41, 5.74) is 1.93. The zero-order chi connectivity index (χ0) is 22.5. The first kappa shape index (κ1) is 22.6. The van der Waals surface area contributed by atoms with Crippen molar-refractivity contribution in [3.63, 3.8) is 0 Å². The molecule has 3 rings (SSSR count). The van der Waals surface area contributed by atoms with Crippen LogP contribution in [0.4, 0.5) is 15.9 Å². The molecular formula is C23H30FN5O2. The second-order valence-electron chi connectivity index (χ2n) is 7.76. The van der Waals surface area contributed by atoms with Gasteiger partial charge in [0.05, 0.1) is 25.4 Å². The molecule has 0 aliphatic rings. The van der Waals surface area contributed by atoms with Crippen LogP contribution < -0.4 is 19.7 Å². The maximum atomic E-state index is 14.2.